The number of aliphatic hydroxyl groups is 1. The minimum Gasteiger partial charge on any atom is -0.411 e. The number of allylic oxidation sites excluding steroid dienone is 4. The van der Waals surface area contributed by atoms with E-state index in [0.29, 0.717) is 24.9 Å². The first kappa shape index (κ1) is 21.6. The van der Waals surface area contributed by atoms with Crippen molar-refractivity contribution in [1.29, 1.82) is 0 Å². The number of ketones is 1. The van der Waals surface area contributed by atoms with Gasteiger partial charge in [-0.15, -0.1) is 0 Å². The SMILES string of the molecule is COC[C@]1(O)CC[C@H]2[C@@H]3CCC4=CC(=O)CCC4=C3[C@@H](c3cccc(/C=N/O)c3)C[C@@]21C. The van der Waals surface area contributed by atoms with Crippen LogP contribution >= 0.6 is 0 Å². The number of ether oxygens (including phenoxy) is 1. The summed E-state index contributed by atoms with van der Waals surface area (Å²) in [7, 11) is 1.68. The van der Waals surface area contributed by atoms with Crippen molar-refractivity contribution in [3.8, 4) is 0 Å². The maximum atomic E-state index is 12.2. The molecule has 0 bridgehead atoms. The second-order valence-electron chi connectivity index (χ2n) is 10.4. The van der Waals surface area contributed by atoms with Gasteiger partial charge in [0.15, 0.2) is 5.78 Å². The van der Waals surface area contributed by atoms with Crippen LogP contribution in [0.25, 0.3) is 0 Å². The standard InChI is InChI=1S/C27H33NO4/c1-26-14-23(18-5-3-4-17(12-18)15-28-31)25-21-9-7-20(29)13-19(21)6-8-22(25)24(26)10-11-27(26,30)16-32-2/h3-5,12-13,15,22-24,30-31H,6-11,14,16H2,1-2H3/b28-15+/t22-,23+,24-,26-,27+/m0/s1. The Hall–Kier alpha value is -2.24. The quantitative estimate of drug-likeness (QED) is 0.406. The van der Waals surface area contributed by atoms with E-state index in [2.05, 4.69) is 24.2 Å². The highest BCUT2D eigenvalue weighted by atomic mass is 16.5. The molecule has 5 heteroatoms. The Labute approximate surface area is 189 Å². The van der Waals surface area contributed by atoms with Crippen molar-refractivity contribution in [2.75, 3.05) is 13.7 Å². The molecule has 5 nitrogen and oxygen atoms in total. The second-order valence-corrected chi connectivity index (χ2v) is 10.4. The largest absolute Gasteiger partial charge is 0.411 e. The normalized spacial score (nSPS) is 36.7. The molecule has 2 fully saturated rings. The Morgan fingerprint density at radius 2 is 2.09 bits per heavy atom. The van der Waals surface area contributed by atoms with Crippen LogP contribution in [0.15, 0.2) is 52.2 Å². The van der Waals surface area contributed by atoms with E-state index >= 15 is 0 Å². The predicted molar refractivity (Wildman–Crippen MR) is 123 cm³/mol. The van der Waals surface area contributed by atoms with Gasteiger partial charge in [-0.2, -0.15) is 0 Å². The van der Waals surface area contributed by atoms with Crippen LogP contribution in [0, 0.1) is 17.3 Å². The first-order valence-corrected chi connectivity index (χ1v) is 11.9. The molecule has 1 aromatic carbocycles. The average molecular weight is 436 g/mol. The van der Waals surface area contributed by atoms with E-state index in [0.717, 1.165) is 44.1 Å². The summed E-state index contributed by atoms with van der Waals surface area (Å²) < 4.78 is 5.51. The fourth-order valence-electron chi connectivity index (χ4n) is 7.45. The first-order chi connectivity index (χ1) is 15.4. The molecule has 2 N–H and O–H groups in total. The minimum atomic E-state index is -0.830. The number of oxime groups is 1. The van der Waals surface area contributed by atoms with Crippen LogP contribution in [0.4, 0.5) is 0 Å². The van der Waals surface area contributed by atoms with Gasteiger partial charge in [-0.05, 0) is 84.8 Å². The van der Waals surface area contributed by atoms with Gasteiger partial charge in [0.25, 0.3) is 0 Å². The molecule has 0 heterocycles. The van der Waals surface area contributed by atoms with Gasteiger partial charge in [0.05, 0.1) is 18.4 Å². The molecule has 4 aliphatic rings. The third-order valence-electron chi connectivity index (χ3n) is 8.96. The minimum absolute atomic E-state index is 0.168. The number of methoxy groups -OCH3 is 1. The molecular formula is C27H33NO4. The van der Waals surface area contributed by atoms with Crippen molar-refractivity contribution in [3.05, 3.63) is 58.2 Å². The zero-order valence-corrected chi connectivity index (χ0v) is 19.0. The van der Waals surface area contributed by atoms with Gasteiger partial charge in [-0.3, -0.25) is 4.79 Å². The smallest absolute Gasteiger partial charge is 0.156 e. The van der Waals surface area contributed by atoms with Crippen molar-refractivity contribution >= 4 is 12.0 Å². The summed E-state index contributed by atoms with van der Waals surface area (Å²) in [4.78, 5) is 12.2. The van der Waals surface area contributed by atoms with E-state index in [1.165, 1.54) is 28.5 Å². The van der Waals surface area contributed by atoms with Crippen LogP contribution in [0.2, 0.25) is 0 Å². The monoisotopic (exact) mass is 435 g/mol. The second kappa shape index (κ2) is 7.96. The Balaban J connectivity index is 1.68. The molecular weight excluding hydrogens is 402 g/mol. The summed E-state index contributed by atoms with van der Waals surface area (Å²) in [6.07, 6.45) is 9.40. The number of hydrogen-bond donors (Lipinski definition) is 2. The summed E-state index contributed by atoms with van der Waals surface area (Å²) in [5.74, 6) is 1.25. The number of hydrogen-bond acceptors (Lipinski definition) is 5. The molecule has 5 rings (SSSR count). The van der Waals surface area contributed by atoms with Crippen molar-refractivity contribution in [2.45, 2.75) is 63.4 Å². The fourth-order valence-corrected chi connectivity index (χ4v) is 7.45. The molecule has 0 saturated heterocycles. The average Bonchev–Trinajstić information content (AvgIpc) is 3.04. The lowest BCUT2D eigenvalue weighted by atomic mass is 9.51. The van der Waals surface area contributed by atoms with Gasteiger partial charge in [0, 0.05) is 24.9 Å². The third kappa shape index (κ3) is 3.20. The molecule has 5 atom stereocenters. The van der Waals surface area contributed by atoms with Gasteiger partial charge >= 0.3 is 0 Å². The molecule has 0 aliphatic heterocycles. The maximum absolute atomic E-state index is 12.2. The maximum Gasteiger partial charge on any atom is 0.156 e. The van der Waals surface area contributed by atoms with Crippen LogP contribution in [-0.2, 0) is 9.53 Å². The van der Waals surface area contributed by atoms with E-state index in [1.54, 1.807) is 7.11 Å². The lowest BCUT2D eigenvalue weighted by molar-refractivity contribution is -0.128. The zero-order chi connectivity index (χ0) is 22.5. The molecule has 2 saturated carbocycles. The molecule has 170 valence electrons. The Morgan fingerprint density at radius 1 is 1.25 bits per heavy atom. The Kier molecular flexibility index (Phi) is 5.37. The number of carbonyl (C=O) groups excluding carboxylic acids is 1. The lowest BCUT2D eigenvalue weighted by Gasteiger charge is -2.54. The molecule has 0 aromatic heterocycles. The van der Waals surface area contributed by atoms with Crippen molar-refractivity contribution in [1.82, 2.24) is 0 Å². The highest BCUT2D eigenvalue weighted by molar-refractivity contribution is 5.93. The summed E-state index contributed by atoms with van der Waals surface area (Å²) in [6.45, 7) is 2.63. The topological polar surface area (TPSA) is 79.1 Å². The van der Waals surface area contributed by atoms with E-state index in [4.69, 9.17) is 9.94 Å². The molecule has 32 heavy (non-hydrogen) atoms. The van der Waals surface area contributed by atoms with Crippen LogP contribution < -0.4 is 0 Å². The highest BCUT2D eigenvalue weighted by Gasteiger charge is 2.62. The molecule has 1 aromatic rings. The molecule has 0 unspecified atom stereocenters. The third-order valence-corrected chi connectivity index (χ3v) is 8.96. The Bertz CT molecular complexity index is 1020. The lowest BCUT2D eigenvalue weighted by Crippen LogP contribution is -2.53. The highest BCUT2D eigenvalue weighted by Crippen LogP contribution is 2.66. The summed E-state index contributed by atoms with van der Waals surface area (Å²) in [5.41, 5.74) is 5.12. The summed E-state index contributed by atoms with van der Waals surface area (Å²) in [6, 6.07) is 8.22. The summed E-state index contributed by atoms with van der Waals surface area (Å²) in [5, 5.41) is 24.0. The van der Waals surface area contributed by atoms with Crippen LogP contribution in [0.5, 0.6) is 0 Å². The van der Waals surface area contributed by atoms with E-state index in [9.17, 15) is 9.90 Å². The predicted octanol–water partition coefficient (Wildman–Crippen LogP) is 4.77. The van der Waals surface area contributed by atoms with Crippen molar-refractivity contribution in [2.24, 2.45) is 22.4 Å². The molecule has 0 spiro atoms. The van der Waals surface area contributed by atoms with E-state index < -0.39 is 5.60 Å². The van der Waals surface area contributed by atoms with Crippen LogP contribution in [-0.4, -0.2) is 41.6 Å². The fraction of sp³-hybridized carbons (Fsp3) is 0.556. The molecule has 0 amide bonds. The molecule has 0 radical (unpaired) electrons. The van der Waals surface area contributed by atoms with Gasteiger partial charge in [0.2, 0.25) is 0 Å². The van der Waals surface area contributed by atoms with Gasteiger partial charge < -0.3 is 15.1 Å². The number of fused-ring (bicyclic) bond motifs is 4. The van der Waals surface area contributed by atoms with Gasteiger partial charge in [-0.25, -0.2) is 0 Å². The van der Waals surface area contributed by atoms with Gasteiger partial charge in [-0.1, -0.05) is 35.9 Å². The molecule has 4 aliphatic carbocycles. The van der Waals surface area contributed by atoms with Crippen LogP contribution in [0.3, 0.4) is 0 Å². The van der Waals surface area contributed by atoms with Gasteiger partial charge in [0.1, 0.15) is 0 Å². The van der Waals surface area contributed by atoms with Crippen LogP contribution in [0.1, 0.15) is 68.9 Å². The van der Waals surface area contributed by atoms with Crippen molar-refractivity contribution in [3.63, 3.8) is 0 Å². The number of nitrogens with zero attached hydrogens (tertiary/aromatic N) is 1. The summed E-state index contributed by atoms with van der Waals surface area (Å²) >= 11 is 0. The van der Waals surface area contributed by atoms with Crippen molar-refractivity contribution < 1.29 is 19.8 Å². The van der Waals surface area contributed by atoms with E-state index in [1.807, 2.05) is 18.2 Å². The first-order valence-electron chi connectivity index (χ1n) is 11.9. The Morgan fingerprint density at radius 3 is 2.88 bits per heavy atom. The number of benzene rings is 1. The number of carbonyl (C=O) groups is 1. The number of rotatable bonds is 4. The van der Waals surface area contributed by atoms with E-state index in [-0.39, 0.29) is 17.1 Å². The zero-order valence-electron chi connectivity index (χ0n) is 19.0.